The van der Waals surface area contributed by atoms with Crippen LogP contribution in [0.1, 0.15) is 26.3 Å². The van der Waals surface area contributed by atoms with Crippen molar-refractivity contribution in [3.05, 3.63) is 53.4 Å². The standard InChI is InChI=1S/C22H27N5O6S/c1-22(2,3)17(28)11-19-26(12-18(29)24-21(31)23-4)20(30)16(34-19)10-13-7-8-14(25(5)6)15(9-13)27(32)33/h7-11H,12H2,1-6H3,(H2,23,24,29,31)/b16-10-,19-11-. The van der Waals surface area contributed by atoms with Crippen molar-refractivity contribution in [1.82, 2.24) is 15.2 Å². The second kappa shape index (κ2) is 10.4. The van der Waals surface area contributed by atoms with Gasteiger partial charge in [0.2, 0.25) is 5.91 Å². The number of carbonyl (C=O) groups is 3. The quantitative estimate of drug-likeness (QED) is 0.446. The number of ketones is 1. The summed E-state index contributed by atoms with van der Waals surface area (Å²) in [7, 11) is 4.71. The van der Waals surface area contributed by atoms with Crippen LogP contribution in [0, 0.1) is 15.5 Å². The first-order chi connectivity index (χ1) is 15.7. The number of hydrogen-bond donors (Lipinski definition) is 2. The van der Waals surface area contributed by atoms with Gasteiger partial charge in [-0.05, 0) is 17.7 Å². The third kappa shape index (κ3) is 6.38. The average Bonchev–Trinajstić information content (AvgIpc) is 3.01. The summed E-state index contributed by atoms with van der Waals surface area (Å²) in [5, 5.41) is 15.8. The number of nitrogens with zero attached hydrogens (tertiary/aromatic N) is 3. The second-order valence-electron chi connectivity index (χ2n) is 8.63. The molecule has 0 saturated carbocycles. The molecule has 12 heteroatoms. The SMILES string of the molecule is CNC(=O)NC(=O)Cn1c(=O)/c(=C/c2ccc(N(C)C)c([N+](=O)[O-])c2)s/c1=C\C(=O)C(C)(C)C. The summed E-state index contributed by atoms with van der Waals surface area (Å²) in [5.41, 5.74) is -0.603. The Morgan fingerprint density at radius 3 is 2.41 bits per heavy atom. The van der Waals surface area contributed by atoms with Gasteiger partial charge in [-0.3, -0.25) is 34.4 Å². The van der Waals surface area contributed by atoms with Crippen molar-refractivity contribution in [1.29, 1.82) is 0 Å². The highest BCUT2D eigenvalue weighted by Crippen LogP contribution is 2.27. The molecule has 0 unspecified atom stereocenters. The zero-order valence-corrected chi connectivity index (χ0v) is 20.6. The summed E-state index contributed by atoms with van der Waals surface area (Å²) in [6.07, 6.45) is 2.75. The van der Waals surface area contributed by atoms with Crippen LogP contribution in [0.15, 0.2) is 23.0 Å². The van der Waals surface area contributed by atoms with E-state index < -0.39 is 34.4 Å². The van der Waals surface area contributed by atoms with Gasteiger partial charge in [-0.25, -0.2) is 4.79 Å². The highest BCUT2D eigenvalue weighted by Gasteiger charge is 2.20. The van der Waals surface area contributed by atoms with Gasteiger partial charge in [0.25, 0.3) is 11.2 Å². The molecule has 1 aromatic carbocycles. The molecular weight excluding hydrogens is 462 g/mol. The first-order valence-corrected chi connectivity index (χ1v) is 11.0. The molecule has 0 fully saturated rings. The van der Waals surface area contributed by atoms with Gasteiger partial charge in [0.1, 0.15) is 16.9 Å². The smallest absolute Gasteiger partial charge is 0.321 e. The molecule has 2 N–H and O–H groups in total. The molecule has 2 rings (SSSR count). The number of nitrogens with one attached hydrogen (secondary N) is 2. The lowest BCUT2D eigenvalue weighted by Crippen LogP contribution is -2.43. The minimum absolute atomic E-state index is 0.129. The third-order valence-corrected chi connectivity index (χ3v) is 5.75. The number of hydrogen-bond acceptors (Lipinski definition) is 8. The van der Waals surface area contributed by atoms with Crippen molar-refractivity contribution in [2.45, 2.75) is 27.3 Å². The van der Waals surface area contributed by atoms with E-state index >= 15 is 0 Å². The van der Waals surface area contributed by atoms with E-state index in [1.807, 2.05) is 0 Å². The summed E-state index contributed by atoms with van der Waals surface area (Å²) in [4.78, 5) is 61.9. The minimum atomic E-state index is -0.741. The predicted octanol–water partition coefficient (Wildman–Crippen LogP) is 0.564. The van der Waals surface area contributed by atoms with E-state index in [-0.39, 0.29) is 20.7 Å². The molecule has 34 heavy (non-hydrogen) atoms. The Bertz CT molecular complexity index is 1320. The average molecular weight is 490 g/mol. The van der Waals surface area contributed by atoms with Gasteiger partial charge in [-0.15, -0.1) is 11.3 Å². The number of benzene rings is 1. The Kier molecular flexibility index (Phi) is 8.11. The topological polar surface area (TPSA) is 144 Å². The number of thiazole rings is 1. The van der Waals surface area contributed by atoms with Crippen LogP contribution in [-0.4, -0.2) is 48.4 Å². The number of urea groups is 1. The molecule has 11 nitrogen and oxygen atoms in total. The highest BCUT2D eigenvalue weighted by molar-refractivity contribution is 7.07. The van der Waals surface area contributed by atoms with E-state index in [2.05, 4.69) is 10.6 Å². The van der Waals surface area contributed by atoms with Gasteiger partial charge in [-0.2, -0.15) is 0 Å². The molecule has 0 aliphatic rings. The molecule has 0 aliphatic carbocycles. The fourth-order valence-electron chi connectivity index (χ4n) is 2.80. The van der Waals surface area contributed by atoms with Gasteiger partial charge >= 0.3 is 6.03 Å². The lowest BCUT2D eigenvalue weighted by atomic mass is 9.91. The zero-order valence-electron chi connectivity index (χ0n) is 19.8. The molecule has 0 bridgehead atoms. The van der Waals surface area contributed by atoms with E-state index in [1.54, 1.807) is 51.9 Å². The van der Waals surface area contributed by atoms with Crippen LogP contribution >= 0.6 is 11.3 Å². The van der Waals surface area contributed by atoms with Crippen LogP contribution in [0.3, 0.4) is 0 Å². The maximum absolute atomic E-state index is 13.1. The predicted molar refractivity (Wildman–Crippen MR) is 130 cm³/mol. The van der Waals surface area contributed by atoms with E-state index in [0.717, 1.165) is 15.9 Å². The van der Waals surface area contributed by atoms with Gasteiger partial charge < -0.3 is 10.2 Å². The van der Waals surface area contributed by atoms with E-state index in [0.29, 0.717) is 11.3 Å². The van der Waals surface area contributed by atoms with E-state index in [1.165, 1.54) is 25.3 Å². The molecule has 1 aromatic heterocycles. The Balaban J connectivity index is 2.69. The molecular formula is C22H27N5O6S. The summed E-state index contributed by atoms with van der Waals surface area (Å²) in [5.74, 6) is -0.999. The fourth-order valence-corrected chi connectivity index (χ4v) is 3.84. The Morgan fingerprint density at radius 1 is 1.24 bits per heavy atom. The summed E-state index contributed by atoms with van der Waals surface area (Å²) < 4.78 is 1.50. The van der Waals surface area contributed by atoms with Crippen molar-refractivity contribution in [3.63, 3.8) is 0 Å². The van der Waals surface area contributed by atoms with Crippen molar-refractivity contribution in [3.8, 4) is 0 Å². The molecule has 3 amide bonds. The Hall–Kier alpha value is -3.80. The van der Waals surface area contributed by atoms with E-state index in [4.69, 9.17) is 0 Å². The molecule has 0 aliphatic heterocycles. The summed E-state index contributed by atoms with van der Waals surface area (Å²) >= 11 is 0.974. The van der Waals surface area contributed by atoms with Crippen molar-refractivity contribution in [2.24, 2.45) is 5.41 Å². The van der Waals surface area contributed by atoms with Crippen LogP contribution in [0.5, 0.6) is 0 Å². The van der Waals surface area contributed by atoms with Crippen molar-refractivity contribution in [2.75, 3.05) is 26.0 Å². The monoisotopic (exact) mass is 489 g/mol. The summed E-state index contributed by atoms with van der Waals surface area (Å²) in [6.45, 7) is 4.68. The first kappa shape index (κ1) is 26.5. The van der Waals surface area contributed by atoms with Crippen LogP contribution < -0.4 is 30.3 Å². The fraction of sp³-hybridized carbons (Fsp3) is 0.364. The number of rotatable bonds is 6. The van der Waals surface area contributed by atoms with Crippen LogP contribution in [0.4, 0.5) is 16.2 Å². The number of nitro groups is 1. The second-order valence-corrected chi connectivity index (χ2v) is 9.69. The minimum Gasteiger partial charge on any atom is -0.372 e. The Labute approximate surface area is 199 Å². The zero-order chi connectivity index (χ0) is 25.8. The number of anilines is 1. The van der Waals surface area contributed by atoms with Crippen molar-refractivity contribution < 1.29 is 19.3 Å². The van der Waals surface area contributed by atoms with Gasteiger partial charge in [-0.1, -0.05) is 26.8 Å². The summed E-state index contributed by atoms with van der Waals surface area (Å²) in [6, 6.07) is 3.82. The van der Waals surface area contributed by atoms with Crippen LogP contribution in [0.2, 0.25) is 0 Å². The lowest BCUT2D eigenvalue weighted by molar-refractivity contribution is -0.384. The third-order valence-electron chi connectivity index (χ3n) is 4.69. The normalized spacial score (nSPS) is 12.4. The molecule has 1 heterocycles. The number of aromatic nitrogens is 1. The van der Waals surface area contributed by atoms with Gasteiger partial charge in [0.15, 0.2) is 5.78 Å². The number of imide groups is 1. The Morgan fingerprint density at radius 2 is 1.88 bits per heavy atom. The molecule has 0 radical (unpaired) electrons. The number of nitro benzene ring substituents is 1. The largest absolute Gasteiger partial charge is 0.372 e. The molecule has 0 spiro atoms. The maximum atomic E-state index is 13.1. The van der Waals surface area contributed by atoms with E-state index in [9.17, 15) is 29.3 Å². The molecule has 0 atom stereocenters. The molecule has 182 valence electrons. The van der Waals surface area contributed by atoms with Gasteiger partial charge in [0, 0.05) is 38.7 Å². The van der Waals surface area contributed by atoms with Crippen LogP contribution in [0.25, 0.3) is 12.2 Å². The lowest BCUT2D eigenvalue weighted by Gasteiger charge is -2.12. The number of Topliss-reactive ketones (excluding diaryl/α,β-unsaturated/α-hetero) is 1. The first-order valence-electron chi connectivity index (χ1n) is 10.2. The van der Waals surface area contributed by atoms with Gasteiger partial charge in [0.05, 0.1) is 9.46 Å². The number of amides is 3. The maximum Gasteiger partial charge on any atom is 0.321 e. The number of carbonyl (C=O) groups excluding carboxylic acids is 3. The van der Waals surface area contributed by atoms with Crippen LogP contribution in [-0.2, 0) is 16.1 Å². The molecule has 2 aromatic rings. The highest BCUT2D eigenvalue weighted by atomic mass is 32.1. The van der Waals surface area contributed by atoms with Crippen molar-refractivity contribution >= 4 is 52.6 Å². The molecule has 0 saturated heterocycles.